The molecule has 1 unspecified atom stereocenters. The Bertz CT molecular complexity index is 882. The summed E-state index contributed by atoms with van der Waals surface area (Å²) in [5.41, 5.74) is 1.56. The van der Waals surface area contributed by atoms with Crippen LogP contribution in [0.15, 0.2) is 53.4 Å². The van der Waals surface area contributed by atoms with Crippen molar-refractivity contribution in [2.24, 2.45) is 0 Å². The Labute approximate surface area is 151 Å². The van der Waals surface area contributed by atoms with E-state index in [1.807, 2.05) is 18.2 Å². The standard InChI is InChI=1S/C18H18ClNO4S/c19-15-7-3-1-6-14(15)12-24-10-9-20-18(21)17-11-13-5-2-4-8-16(13)25(17,22)23/h1-8,17H,9-12H2,(H,20,21). The topological polar surface area (TPSA) is 72.5 Å². The molecule has 1 heterocycles. The van der Waals surface area contributed by atoms with E-state index < -0.39 is 21.0 Å². The minimum Gasteiger partial charge on any atom is -0.375 e. The maximum absolute atomic E-state index is 12.4. The van der Waals surface area contributed by atoms with Crippen molar-refractivity contribution in [2.45, 2.75) is 23.2 Å². The predicted octanol–water partition coefficient (Wildman–Crippen LogP) is 2.37. The van der Waals surface area contributed by atoms with Crippen LogP contribution < -0.4 is 5.32 Å². The van der Waals surface area contributed by atoms with E-state index in [0.717, 1.165) is 5.56 Å². The van der Waals surface area contributed by atoms with E-state index in [4.69, 9.17) is 16.3 Å². The van der Waals surface area contributed by atoms with Gasteiger partial charge in [-0.2, -0.15) is 0 Å². The van der Waals surface area contributed by atoms with Crippen molar-refractivity contribution in [1.29, 1.82) is 0 Å². The number of sulfone groups is 1. The quantitative estimate of drug-likeness (QED) is 0.782. The third-order valence-corrected chi connectivity index (χ3v) is 6.62. The Kier molecular flexibility index (Phi) is 5.42. The number of fused-ring (bicyclic) bond motifs is 1. The van der Waals surface area contributed by atoms with Crippen LogP contribution in [0, 0.1) is 0 Å². The van der Waals surface area contributed by atoms with Crippen molar-refractivity contribution in [3.63, 3.8) is 0 Å². The Hall–Kier alpha value is -1.89. The van der Waals surface area contributed by atoms with Crippen LogP contribution in [0.3, 0.4) is 0 Å². The van der Waals surface area contributed by atoms with Crippen LogP contribution in [0.1, 0.15) is 11.1 Å². The van der Waals surface area contributed by atoms with E-state index in [0.29, 0.717) is 17.2 Å². The third-order valence-electron chi connectivity index (χ3n) is 4.11. The lowest BCUT2D eigenvalue weighted by atomic mass is 10.1. The van der Waals surface area contributed by atoms with Gasteiger partial charge >= 0.3 is 0 Å². The number of nitrogens with one attached hydrogen (secondary N) is 1. The zero-order valence-corrected chi connectivity index (χ0v) is 15.0. The van der Waals surface area contributed by atoms with Crippen LogP contribution in [-0.4, -0.2) is 32.7 Å². The fourth-order valence-electron chi connectivity index (χ4n) is 2.80. The van der Waals surface area contributed by atoms with Gasteiger partial charge < -0.3 is 10.1 Å². The highest BCUT2D eigenvalue weighted by molar-refractivity contribution is 7.93. The molecule has 0 aliphatic carbocycles. The van der Waals surface area contributed by atoms with E-state index in [1.54, 1.807) is 30.3 Å². The second kappa shape index (κ2) is 7.56. The SMILES string of the molecule is O=C(NCCOCc1ccccc1Cl)C1Cc2ccccc2S1(=O)=O. The summed E-state index contributed by atoms with van der Waals surface area (Å²) in [6, 6.07) is 14.1. The van der Waals surface area contributed by atoms with E-state index >= 15 is 0 Å². The molecule has 1 amide bonds. The van der Waals surface area contributed by atoms with Gasteiger partial charge in [0.1, 0.15) is 5.25 Å². The molecule has 2 aromatic carbocycles. The molecule has 1 atom stereocenters. The van der Waals surface area contributed by atoms with Gasteiger partial charge in [0.25, 0.3) is 0 Å². The molecule has 1 aliphatic heterocycles. The fourth-order valence-corrected chi connectivity index (χ4v) is 4.85. The average molecular weight is 380 g/mol. The molecule has 2 aromatic rings. The van der Waals surface area contributed by atoms with E-state index in [2.05, 4.69) is 5.32 Å². The molecule has 25 heavy (non-hydrogen) atoms. The molecule has 3 rings (SSSR count). The maximum atomic E-state index is 12.4. The predicted molar refractivity (Wildman–Crippen MR) is 95.2 cm³/mol. The van der Waals surface area contributed by atoms with Crippen LogP contribution in [-0.2, 0) is 32.4 Å². The second-order valence-electron chi connectivity index (χ2n) is 5.78. The first-order valence-corrected chi connectivity index (χ1v) is 9.83. The van der Waals surface area contributed by atoms with E-state index in [1.165, 1.54) is 0 Å². The summed E-state index contributed by atoms with van der Waals surface area (Å²) in [4.78, 5) is 12.5. The molecule has 7 heteroatoms. The lowest BCUT2D eigenvalue weighted by molar-refractivity contribution is -0.120. The number of ether oxygens (including phenoxy) is 1. The highest BCUT2D eigenvalue weighted by atomic mass is 35.5. The van der Waals surface area contributed by atoms with Gasteiger partial charge in [-0.25, -0.2) is 8.42 Å². The molecule has 0 saturated carbocycles. The van der Waals surface area contributed by atoms with E-state index in [9.17, 15) is 13.2 Å². The van der Waals surface area contributed by atoms with Crippen molar-refractivity contribution < 1.29 is 17.9 Å². The Morgan fingerprint density at radius 2 is 1.88 bits per heavy atom. The number of carbonyl (C=O) groups is 1. The summed E-state index contributed by atoms with van der Waals surface area (Å²) in [6.45, 7) is 0.852. The van der Waals surface area contributed by atoms with Crippen molar-refractivity contribution in [1.82, 2.24) is 5.32 Å². The largest absolute Gasteiger partial charge is 0.375 e. The average Bonchev–Trinajstić information content (AvgIpc) is 2.87. The first kappa shape index (κ1) is 17.9. The van der Waals surface area contributed by atoms with Gasteiger partial charge in [0.05, 0.1) is 18.1 Å². The van der Waals surface area contributed by atoms with Gasteiger partial charge in [-0.15, -0.1) is 0 Å². The molecule has 132 valence electrons. The summed E-state index contributed by atoms with van der Waals surface area (Å²) in [5, 5.41) is 2.20. The Morgan fingerprint density at radius 3 is 2.64 bits per heavy atom. The lowest BCUT2D eigenvalue weighted by Gasteiger charge is -2.11. The van der Waals surface area contributed by atoms with E-state index in [-0.39, 0.29) is 24.5 Å². The van der Waals surface area contributed by atoms with Gasteiger partial charge in [-0.05, 0) is 29.7 Å². The molecule has 0 aromatic heterocycles. The molecule has 0 spiro atoms. The number of hydrogen-bond acceptors (Lipinski definition) is 4. The number of rotatable bonds is 6. The van der Waals surface area contributed by atoms with Gasteiger partial charge in [0, 0.05) is 11.6 Å². The van der Waals surface area contributed by atoms with Gasteiger partial charge in [-0.3, -0.25) is 4.79 Å². The first-order valence-electron chi connectivity index (χ1n) is 7.91. The van der Waals surface area contributed by atoms with Crippen LogP contribution in [0.5, 0.6) is 0 Å². The monoisotopic (exact) mass is 379 g/mol. The highest BCUT2D eigenvalue weighted by Crippen LogP contribution is 2.30. The zero-order valence-electron chi connectivity index (χ0n) is 13.4. The van der Waals surface area contributed by atoms with Crippen LogP contribution in [0.25, 0.3) is 0 Å². The van der Waals surface area contributed by atoms with Crippen molar-refractivity contribution >= 4 is 27.3 Å². The normalized spacial score (nSPS) is 17.9. The first-order chi connectivity index (χ1) is 12.0. The number of halogens is 1. The number of hydrogen-bond donors (Lipinski definition) is 1. The van der Waals surface area contributed by atoms with Crippen LogP contribution in [0.2, 0.25) is 5.02 Å². The van der Waals surface area contributed by atoms with Crippen LogP contribution in [0.4, 0.5) is 0 Å². The summed E-state index contributed by atoms with van der Waals surface area (Å²) in [6.07, 6.45) is 0.213. The fraction of sp³-hybridized carbons (Fsp3) is 0.278. The Balaban J connectivity index is 1.49. The van der Waals surface area contributed by atoms with Crippen molar-refractivity contribution in [3.8, 4) is 0 Å². The maximum Gasteiger partial charge on any atom is 0.239 e. The van der Waals surface area contributed by atoms with Crippen molar-refractivity contribution in [2.75, 3.05) is 13.2 Å². The lowest BCUT2D eigenvalue weighted by Crippen LogP contribution is -2.39. The minimum atomic E-state index is -3.61. The second-order valence-corrected chi connectivity index (χ2v) is 8.29. The number of benzene rings is 2. The van der Waals surface area contributed by atoms with Gasteiger partial charge in [-0.1, -0.05) is 48.0 Å². The Morgan fingerprint density at radius 1 is 1.16 bits per heavy atom. The molecule has 0 radical (unpaired) electrons. The molecular formula is C18H18ClNO4S. The third kappa shape index (κ3) is 3.86. The minimum absolute atomic E-state index is 0.213. The number of carbonyl (C=O) groups excluding carboxylic acids is 1. The molecule has 0 saturated heterocycles. The molecule has 0 fully saturated rings. The highest BCUT2D eigenvalue weighted by Gasteiger charge is 2.41. The molecule has 1 N–H and O–H groups in total. The molecule has 1 aliphatic rings. The molecule has 0 bridgehead atoms. The van der Waals surface area contributed by atoms with Gasteiger partial charge in [0.2, 0.25) is 5.91 Å². The van der Waals surface area contributed by atoms with Crippen molar-refractivity contribution in [3.05, 3.63) is 64.7 Å². The van der Waals surface area contributed by atoms with Crippen LogP contribution >= 0.6 is 11.6 Å². The summed E-state index contributed by atoms with van der Waals surface area (Å²) < 4.78 is 30.3. The zero-order chi connectivity index (χ0) is 17.9. The summed E-state index contributed by atoms with van der Waals surface area (Å²) in [5.74, 6) is -0.488. The smallest absolute Gasteiger partial charge is 0.239 e. The summed E-state index contributed by atoms with van der Waals surface area (Å²) in [7, 11) is -3.61. The summed E-state index contributed by atoms with van der Waals surface area (Å²) >= 11 is 6.03. The molecule has 5 nitrogen and oxygen atoms in total. The number of amides is 1. The van der Waals surface area contributed by atoms with Gasteiger partial charge in [0.15, 0.2) is 9.84 Å². The molecular weight excluding hydrogens is 362 g/mol.